The molecular weight excluding hydrogens is 276 g/mol. The molecule has 0 radical (unpaired) electrons. The van der Waals surface area contributed by atoms with Crippen molar-refractivity contribution in [3.63, 3.8) is 0 Å². The topological polar surface area (TPSA) is 55.6 Å². The van der Waals surface area contributed by atoms with Gasteiger partial charge >= 0.3 is 6.09 Å². The number of hydrogen-bond acceptors (Lipinski definition) is 3. The van der Waals surface area contributed by atoms with Crippen molar-refractivity contribution in [3.05, 3.63) is 71.3 Å². The van der Waals surface area contributed by atoms with Gasteiger partial charge in [0.1, 0.15) is 6.61 Å². The summed E-state index contributed by atoms with van der Waals surface area (Å²) in [6.07, 6.45) is 0.487. The maximum absolute atomic E-state index is 12.4. The van der Waals surface area contributed by atoms with Crippen LogP contribution in [0.15, 0.2) is 54.6 Å². The molecule has 2 N–H and O–H groups in total. The van der Waals surface area contributed by atoms with Crippen LogP contribution in [-0.4, -0.2) is 23.6 Å². The van der Waals surface area contributed by atoms with Crippen LogP contribution in [0.3, 0.4) is 0 Å². The first-order valence-corrected chi connectivity index (χ1v) is 7.52. The highest BCUT2D eigenvalue weighted by Gasteiger charge is 2.29. The molecule has 4 heteroatoms. The van der Waals surface area contributed by atoms with Crippen molar-refractivity contribution in [2.75, 3.05) is 6.54 Å². The Balaban J connectivity index is 1.68. The van der Waals surface area contributed by atoms with E-state index in [1.165, 1.54) is 11.1 Å². The Labute approximate surface area is 130 Å². The monoisotopic (exact) mass is 296 g/mol. The zero-order valence-corrected chi connectivity index (χ0v) is 12.4. The molecule has 0 aromatic heterocycles. The minimum atomic E-state index is -0.297. The van der Waals surface area contributed by atoms with Gasteiger partial charge in [0.25, 0.3) is 0 Å². The van der Waals surface area contributed by atoms with Crippen LogP contribution in [-0.2, 0) is 24.3 Å². The molecule has 0 bridgehead atoms. The molecule has 4 nitrogen and oxygen atoms in total. The summed E-state index contributed by atoms with van der Waals surface area (Å²) >= 11 is 0. The second-order valence-corrected chi connectivity index (χ2v) is 5.53. The number of rotatable bonds is 3. The number of nitrogens with zero attached hydrogens (tertiary/aromatic N) is 1. The predicted molar refractivity (Wildman–Crippen MR) is 85.2 cm³/mol. The highest BCUT2D eigenvalue weighted by Crippen LogP contribution is 2.23. The van der Waals surface area contributed by atoms with Gasteiger partial charge < -0.3 is 10.5 Å². The highest BCUT2D eigenvalue weighted by atomic mass is 16.6. The second-order valence-electron chi connectivity index (χ2n) is 5.53. The fourth-order valence-corrected chi connectivity index (χ4v) is 2.81. The van der Waals surface area contributed by atoms with E-state index in [0.29, 0.717) is 13.1 Å². The lowest BCUT2D eigenvalue weighted by Crippen LogP contribution is -2.48. The summed E-state index contributed by atoms with van der Waals surface area (Å²) in [5.41, 5.74) is 9.27. The van der Waals surface area contributed by atoms with Crippen LogP contribution >= 0.6 is 0 Å². The Bertz CT molecular complexity index is 643. The van der Waals surface area contributed by atoms with E-state index >= 15 is 0 Å². The Morgan fingerprint density at radius 3 is 2.50 bits per heavy atom. The fourth-order valence-electron chi connectivity index (χ4n) is 2.81. The smallest absolute Gasteiger partial charge is 0.410 e. The molecule has 1 aliphatic rings. The van der Waals surface area contributed by atoms with Gasteiger partial charge in [0.05, 0.1) is 6.04 Å². The Morgan fingerprint density at radius 1 is 1.09 bits per heavy atom. The minimum absolute atomic E-state index is 0.00169. The zero-order chi connectivity index (χ0) is 15.4. The molecule has 0 spiro atoms. The van der Waals surface area contributed by atoms with Crippen LogP contribution in [0.1, 0.15) is 16.7 Å². The molecule has 22 heavy (non-hydrogen) atoms. The number of carbonyl (C=O) groups excluding carboxylic acids is 1. The number of fused-ring (bicyclic) bond motifs is 1. The van der Waals surface area contributed by atoms with Crippen molar-refractivity contribution in [2.24, 2.45) is 5.73 Å². The van der Waals surface area contributed by atoms with Gasteiger partial charge in [0, 0.05) is 13.1 Å². The van der Waals surface area contributed by atoms with Gasteiger partial charge in [-0.1, -0.05) is 54.6 Å². The third-order valence-corrected chi connectivity index (χ3v) is 4.07. The first-order valence-electron chi connectivity index (χ1n) is 7.52. The van der Waals surface area contributed by atoms with Crippen molar-refractivity contribution in [3.8, 4) is 0 Å². The van der Waals surface area contributed by atoms with Crippen LogP contribution in [0, 0.1) is 0 Å². The lowest BCUT2D eigenvalue weighted by molar-refractivity contribution is 0.0746. The number of carbonyl (C=O) groups is 1. The van der Waals surface area contributed by atoms with Crippen molar-refractivity contribution in [1.29, 1.82) is 0 Å². The number of benzene rings is 2. The van der Waals surface area contributed by atoms with Crippen molar-refractivity contribution >= 4 is 6.09 Å². The molecule has 0 aliphatic carbocycles. The van der Waals surface area contributed by atoms with Gasteiger partial charge in [-0.3, -0.25) is 4.90 Å². The summed E-state index contributed by atoms with van der Waals surface area (Å²) in [5.74, 6) is 0. The van der Waals surface area contributed by atoms with Crippen LogP contribution in [0.2, 0.25) is 0 Å². The Hall–Kier alpha value is -2.33. The highest BCUT2D eigenvalue weighted by molar-refractivity contribution is 5.68. The number of amides is 1. The molecule has 1 atom stereocenters. The summed E-state index contributed by atoms with van der Waals surface area (Å²) < 4.78 is 5.45. The van der Waals surface area contributed by atoms with Gasteiger partial charge in [-0.05, 0) is 23.1 Å². The minimum Gasteiger partial charge on any atom is -0.445 e. The van der Waals surface area contributed by atoms with E-state index in [9.17, 15) is 4.79 Å². The van der Waals surface area contributed by atoms with E-state index < -0.39 is 0 Å². The largest absolute Gasteiger partial charge is 0.445 e. The number of hydrogen-bond donors (Lipinski definition) is 1. The van der Waals surface area contributed by atoms with Crippen LogP contribution in [0.4, 0.5) is 4.79 Å². The SMILES string of the molecule is NC[C@H]1Cc2ccccc2CN1C(=O)OCc1ccccc1. The molecule has 3 rings (SSSR count). The molecule has 0 fully saturated rings. The third kappa shape index (κ3) is 3.12. The fraction of sp³-hybridized carbons (Fsp3) is 0.278. The van der Waals surface area contributed by atoms with E-state index in [-0.39, 0.29) is 18.7 Å². The predicted octanol–water partition coefficient (Wildman–Crippen LogP) is 2.71. The molecule has 2 aromatic carbocycles. The average molecular weight is 296 g/mol. The third-order valence-electron chi connectivity index (χ3n) is 4.07. The summed E-state index contributed by atoms with van der Waals surface area (Å²) in [6.45, 7) is 1.29. The van der Waals surface area contributed by atoms with Gasteiger partial charge in [-0.2, -0.15) is 0 Å². The normalized spacial score (nSPS) is 17.0. The van der Waals surface area contributed by atoms with Crippen LogP contribution in [0.5, 0.6) is 0 Å². The summed E-state index contributed by atoms with van der Waals surface area (Å²) in [4.78, 5) is 14.1. The summed E-state index contributed by atoms with van der Waals surface area (Å²) in [7, 11) is 0. The number of ether oxygens (including phenoxy) is 1. The van der Waals surface area contributed by atoms with E-state index in [4.69, 9.17) is 10.5 Å². The molecule has 1 aliphatic heterocycles. The quantitative estimate of drug-likeness (QED) is 0.947. The first kappa shape index (κ1) is 14.6. The molecule has 0 saturated carbocycles. The van der Waals surface area contributed by atoms with Gasteiger partial charge in [-0.15, -0.1) is 0 Å². The van der Waals surface area contributed by atoms with E-state index in [1.807, 2.05) is 42.5 Å². The molecule has 1 heterocycles. The molecule has 1 amide bonds. The Kier molecular flexibility index (Phi) is 4.39. The van der Waals surface area contributed by atoms with Crippen LogP contribution < -0.4 is 5.73 Å². The van der Waals surface area contributed by atoms with Gasteiger partial charge in [0.15, 0.2) is 0 Å². The maximum Gasteiger partial charge on any atom is 0.410 e. The van der Waals surface area contributed by atoms with Gasteiger partial charge in [0.2, 0.25) is 0 Å². The van der Waals surface area contributed by atoms with E-state index in [0.717, 1.165) is 12.0 Å². The molecular formula is C18H20N2O2. The molecule has 114 valence electrons. The molecule has 0 unspecified atom stereocenters. The van der Waals surface area contributed by atoms with Crippen molar-refractivity contribution < 1.29 is 9.53 Å². The first-order chi connectivity index (χ1) is 10.8. The molecule has 0 saturated heterocycles. The zero-order valence-electron chi connectivity index (χ0n) is 12.4. The lowest BCUT2D eigenvalue weighted by atomic mass is 9.94. The van der Waals surface area contributed by atoms with Gasteiger partial charge in [-0.25, -0.2) is 4.79 Å². The lowest BCUT2D eigenvalue weighted by Gasteiger charge is -2.35. The Morgan fingerprint density at radius 2 is 1.77 bits per heavy atom. The maximum atomic E-state index is 12.4. The van der Waals surface area contributed by atoms with Crippen molar-refractivity contribution in [2.45, 2.75) is 25.6 Å². The van der Waals surface area contributed by atoms with Crippen LogP contribution in [0.25, 0.3) is 0 Å². The standard InChI is InChI=1S/C18H20N2O2/c19-11-17-10-15-8-4-5-9-16(15)12-20(17)18(21)22-13-14-6-2-1-3-7-14/h1-9,17H,10-13,19H2/t17-/m1/s1. The van der Waals surface area contributed by atoms with E-state index in [2.05, 4.69) is 12.1 Å². The number of nitrogens with two attached hydrogens (primary N) is 1. The average Bonchev–Trinajstić information content (AvgIpc) is 2.59. The summed E-state index contributed by atoms with van der Waals surface area (Å²) in [6, 6.07) is 17.9. The van der Waals surface area contributed by atoms with Crippen molar-refractivity contribution in [1.82, 2.24) is 4.90 Å². The summed E-state index contributed by atoms with van der Waals surface area (Å²) in [5, 5.41) is 0. The van der Waals surface area contributed by atoms with E-state index in [1.54, 1.807) is 4.90 Å². The molecule has 2 aromatic rings. The second kappa shape index (κ2) is 6.62.